The molecule has 0 N–H and O–H groups in total. The molecule has 1 aliphatic carbocycles. The summed E-state index contributed by atoms with van der Waals surface area (Å²) in [6.45, 7) is 1.40. The van der Waals surface area contributed by atoms with Gasteiger partial charge in [0.1, 0.15) is 17.1 Å². The maximum Gasteiger partial charge on any atom is 0.218 e. The van der Waals surface area contributed by atoms with Gasteiger partial charge in [-0.2, -0.15) is 4.98 Å². The van der Waals surface area contributed by atoms with Gasteiger partial charge in [-0.05, 0) is 12.8 Å². The Morgan fingerprint density at radius 1 is 1.31 bits per heavy atom. The summed E-state index contributed by atoms with van der Waals surface area (Å²) in [5.41, 5.74) is 0. The highest BCUT2D eigenvalue weighted by atomic mass is 35.5. The smallest absolute Gasteiger partial charge is 0.218 e. The summed E-state index contributed by atoms with van der Waals surface area (Å²) in [5.74, 6) is 1.89. The standard InChI is InChI=1S/C11H13ClN2O2/c12-9-5-10(16-8-3-4-15-6-8)14-11(13-9)7-1-2-7/h5,7-8H,1-4,6H2. The van der Waals surface area contributed by atoms with Gasteiger partial charge >= 0.3 is 0 Å². The van der Waals surface area contributed by atoms with Crippen LogP contribution < -0.4 is 4.74 Å². The molecule has 0 spiro atoms. The van der Waals surface area contributed by atoms with Gasteiger partial charge < -0.3 is 9.47 Å². The number of ether oxygens (including phenoxy) is 2. The lowest BCUT2D eigenvalue weighted by Gasteiger charge is -2.11. The molecule has 4 nitrogen and oxygen atoms in total. The van der Waals surface area contributed by atoms with Crippen LogP contribution in [0.5, 0.6) is 5.88 Å². The molecule has 2 aliphatic rings. The second kappa shape index (κ2) is 4.18. The molecule has 1 aromatic rings. The van der Waals surface area contributed by atoms with E-state index in [4.69, 9.17) is 21.1 Å². The van der Waals surface area contributed by atoms with Crippen LogP contribution in [-0.2, 0) is 4.74 Å². The Morgan fingerprint density at radius 3 is 2.88 bits per heavy atom. The first kappa shape index (κ1) is 10.3. The first-order valence-electron chi connectivity index (χ1n) is 5.60. The number of hydrogen-bond donors (Lipinski definition) is 0. The van der Waals surface area contributed by atoms with E-state index in [1.807, 2.05) is 0 Å². The van der Waals surface area contributed by atoms with E-state index in [-0.39, 0.29) is 6.10 Å². The summed E-state index contributed by atoms with van der Waals surface area (Å²) < 4.78 is 11.0. The fraction of sp³-hybridized carbons (Fsp3) is 0.636. The third kappa shape index (κ3) is 2.28. The third-order valence-electron chi connectivity index (χ3n) is 2.81. The zero-order chi connectivity index (χ0) is 11.0. The van der Waals surface area contributed by atoms with Crippen LogP contribution in [0, 0.1) is 0 Å². The normalized spacial score (nSPS) is 24.7. The Kier molecular flexibility index (Phi) is 2.69. The Labute approximate surface area is 98.9 Å². The fourth-order valence-electron chi connectivity index (χ4n) is 1.77. The van der Waals surface area contributed by atoms with E-state index in [1.165, 1.54) is 0 Å². The molecule has 0 amide bonds. The minimum Gasteiger partial charge on any atom is -0.472 e. The second-order valence-corrected chi connectivity index (χ2v) is 4.65. The predicted octanol–water partition coefficient (Wildman–Crippen LogP) is 2.18. The second-order valence-electron chi connectivity index (χ2n) is 4.26. The minimum atomic E-state index is 0.109. The van der Waals surface area contributed by atoms with Crippen molar-refractivity contribution in [3.05, 3.63) is 17.0 Å². The van der Waals surface area contributed by atoms with Crippen LogP contribution >= 0.6 is 11.6 Å². The van der Waals surface area contributed by atoms with Gasteiger partial charge in [0.15, 0.2) is 0 Å². The quantitative estimate of drug-likeness (QED) is 0.760. The Hall–Kier alpha value is -0.870. The third-order valence-corrected chi connectivity index (χ3v) is 3.00. The molecule has 1 atom stereocenters. The molecule has 1 unspecified atom stereocenters. The van der Waals surface area contributed by atoms with E-state index >= 15 is 0 Å². The molecule has 0 radical (unpaired) electrons. The van der Waals surface area contributed by atoms with Crippen molar-refractivity contribution in [3.8, 4) is 5.88 Å². The average Bonchev–Trinajstić information content (AvgIpc) is 2.98. The summed E-state index contributed by atoms with van der Waals surface area (Å²) in [4.78, 5) is 8.60. The fourth-order valence-corrected chi connectivity index (χ4v) is 1.95. The van der Waals surface area contributed by atoms with Crippen LogP contribution in [0.3, 0.4) is 0 Å². The van der Waals surface area contributed by atoms with Crippen molar-refractivity contribution in [3.63, 3.8) is 0 Å². The summed E-state index contributed by atoms with van der Waals surface area (Å²) in [7, 11) is 0. The molecule has 5 heteroatoms. The monoisotopic (exact) mass is 240 g/mol. The van der Waals surface area contributed by atoms with Crippen LogP contribution in [0.2, 0.25) is 5.15 Å². The maximum atomic E-state index is 5.94. The van der Waals surface area contributed by atoms with Gasteiger partial charge in [-0.15, -0.1) is 0 Å². The number of aromatic nitrogens is 2. The van der Waals surface area contributed by atoms with E-state index in [0.29, 0.717) is 23.6 Å². The van der Waals surface area contributed by atoms with E-state index in [0.717, 1.165) is 31.7 Å². The van der Waals surface area contributed by atoms with E-state index in [1.54, 1.807) is 6.07 Å². The van der Waals surface area contributed by atoms with Crippen molar-refractivity contribution in [2.24, 2.45) is 0 Å². The molecular formula is C11H13ClN2O2. The molecule has 2 fully saturated rings. The van der Waals surface area contributed by atoms with Crippen molar-refractivity contribution in [1.82, 2.24) is 9.97 Å². The molecule has 0 aromatic carbocycles. The van der Waals surface area contributed by atoms with Gasteiger partial charge in [-0.3, -0.25) is 0 Å². The van der Waals surface area contributed by atoms with Gasteiger partial charge in [0.2, 0.25) is 5.88 Å². The van der Waals surface area contributed by atoms with Crippen molar-refractivity contribution in [1.29, 1.82) is 0 Å². The Bertz CT molecular complexity index is 390. The van der Waals surface area contributed by atoms with Gasteiger partial charge in [0.25, 0.3) is 0 Å². The highest BCUT2D eigenvalue weighted by Gasteiger charge is 2.28. The molecule has 1 saturated carbocycles. The van der Waals surface area contributed by atoms with Gasteiger partial charge in [0.05, 0.1) is 13.2 Å². The molecule has 1 saturated heterocycles. The molecule has 1 aliphatic heterocycles. The SMILES string of the molecule is Clc1cc(OC2CCOC2)nc(C2CC2)n1. The molecule has 86 valence electrons. The predicted molar refractivity (Wildman–Crippen MR) is 58.9 cm³/mol. The molecule has 2 heterocycles. The lowest BCUT2D eigenvalue weighted by Crippen LogP contribution is -2.17. The Balaban J connectivity index is 1.76. The lowest BCUT2D eigenvalue weighted by molar-refractivity contribution is 0.137. The highest BCUT2D eigenvalue weighted by Crippen LogP contribution is 2.39. The van der Waals surface area contributed by atoms with Crippen LogP contribution in [0.4, 0.5) is 0 Å². The summed E-state index contributed by atoms with van der Waals surface area (Å²) in [6.07, 6.45) is 3.34. The summed E-state index contributed by atoms with van der Waals surface area (Å²) in [5, 5.41) is 0.464. The molecule has 1 aromatic heterocycles. The largest absolute Gasteiger partial charge is 0.472 e. The van der Waals surface area contributed by atoms with Crippen molar-refractivity contribution in [2.45, 2.75) is 31.3 Å². The van der Waals surface area contributed by atoms with E-state index in [2.05, 4.69) is 9.97 Å². The Morgan fingerprint density at radius 2 is 2.19 bits per heavy atom. The van der Waals surface area contributed by atoms with Crippen molar-refractivity contribution < 1.29 is 9.47 Å². The van der Waals surface area contributed by atoms with Crippen LogP contribution in [0.25, 0.3) is 0 Å². The van der Waals surface area contributed by atoms with Crippen molar-refractivity contribution in [2.75, 3.05) is 13.2 Å². The summed E-state index contributed by atoms with van der Waals surface area (Å²) in [6, 6.07) is 1.67. The van der Waals surface area contributed by atoms with Crippen LogP contribution in [0.1, 0.15) is 31.0 Å². The first-order valence-corrected chi connectivity index (χ1v) is 5.98. The van der Waals surface area contributed by atoms with Crippen LogP contribution in [-0.4, -0.2) is 29.3 Å². The van der Waals surface area contributed by atoms with Gasteiger partial charge in [0, 0.05) is 18.4 Å². The van der Waals surface area contributed by atoms with E-state index in [9.17, 15) is 0 Å². The minimum absolute atomic E-state index is 0.109. The number of hydrogen-bond acceptors (Lipinski definition) is 4. The van der Waals surface area contributed by atoms with Gasteiger partial charge in [-0.1, -0.05) is 11.6 Å². The number of rotatable bonds is 3. The molecule has 0 bridgehead atoms. The zero-order valence-corrected chi connectivity index (χ0v) is 9.61. The molecule has 16 heavy (non-hydrogen) atoms. The highest BCUT2D eigenvalue weighted by molar-refractivity contribution is 6.29. The average molecular weight is 241 g/mol. The number of nitrogens with zero attached hydrogens (tertiary/aromatic N) is 2. The molecular weight excluding hydrogens is 228 g/mol. The lowest BCUT2D eigenvalue weighted by atomic mass is 10.3. The maximum absolute atomic E-state index is 5.94. The van der Waals surface area contributed by atoms with Crippen molar-refractivity contribution >= 4 is 11.6 Å². The van der Waals surface area contributed by atoms with Gasteiger partial charge in [-0.25, -0.2) is 4.98 Å². The first-order chi connectivity index (χ1) is 7.81. The molecule has 3 rings (SSSR count). The summed E-state index contributed by atoms with van der Waals surface area (Å²) >= 11 is 5.94. The number of halogens is 1. The topological polar surface area (TPSA) is 44.2 Å². The van der Waals surface area contributed by atoms with Crippen LogP contribution in [0.15, 0.2) is 6.07 Å². The van der Waals surface area contributed by atoms with E-state index < -0.39 is 0 Å². The zero-order valence-electron chi connectivity index (χ0n) is 8.86.